The van der Waals surface area contributed by atoms with Gasteiger partial charge in [-0.3, -0.25) is 0 Å². The molecule has 2 heterocycles. The van der Waals surface area contributed by atoms with E-state index in [2.05, 4.69) is 31.0 Å². The molecule has 1 aromatic heterocycles. The lowest BCUT2D eigenvalue weighted by molar-refractivity contribution is 0.676. The molecule has 1 N–H and O–H groups in total. The first-order valence-corrected chi connectivity index (χ1v) is 9.03. The minimum atomic E-state index is 0.570. The minimum absolute atomic E-state index is 0.570. The molecule has 0 radical (unpaired) electrons. The molecule has 1 fully saturated rings. The number of nitrogens with zero attached hydrogens (tertiary/aromatic N) is 2. The van der Waals surface area contributed by atoms with Crippen molar-refractivity contribution >= 4 is 16.5 Å². The Morgan fingerprint density at radius 3 is 2.50 bits per heavy atom. The van der Waals surface area contributed by atoms with Gasteiger partial charge in [-0.2, -0.15) is 0 Å². The van der Waals surface area contributed by atoms with E-state index in [0.717, 1.165) is 13.1 Å². The molecule has 0 spiro atoms. The van der Waals surface area contributed by atoms with Gasteiger partial charge < -0.3 is 10.2 Å². The molecule has 1 atom stereocenters. The van der Waals surface area contributed by atoms with E-state index in [4.69, 9.17) is 4.98 Å². The van der Waals surface area contributed by atoms with Gasteiger partial charge in [0, 0.05) is 24.5 Å². The summed E-state index contributed by atoms with van der Waals surface area (Å²) in [7, 11) is 0. The summed E-state index contributed by atoms with van der Waals surface area (Å²) in [6.07, 6.45) is 6.57. The van der Waals surface area contributed by atoms with Crippen LogP contribution in [-0.2, 0) is 6.54 Å². The molecule has 3 nitrogen and oxygen atoms in total. The predicted molar refractivity (Wildman–Crippen MR) is 88.9 cm³/mol. The van der Waals surface area contributed by atoms with Crippen molar-refractivity contribution < 1.29 is 0 Å². The molecule has 0 aliphatic carbocycles. The van der Waals surface area contributed by atoms with Crippen LogP contribution in [0.25, 0.3) is 0 Å². The standard InChI is InChI=1S/C16H29N3S/c1-4-13(3)15-14(12-17-5-2)20-16(18-15)19-10-8-6-7-9-11-19/h13,17H,4-12H2,1-3H3. The maximum atomic E-state index is 5.00. The molecule has 1 saturated heterocycles. The van der Waals surface area contributed by atoms with Gasteiger partial charge in [-0.1, -0.05) is 33.6 Å². The first-order chi connectivity index (χ1) is 9.76. The fraction of sp³-hybridized carbons (Fsp3) is 0.812. The van der Waals surface area contributed by atoms with E-state index >= 15 is 0 Å². The lowest BCUT2D eigenvalue weighted by atomic mass is 10.0. The molecule has 1 aromatic rings. The van der Waals surface area contributed by atoms with E-state index in [9.17, 15) is 0 Å². The van der Waals surface area contributed by atoms with Gasteiger partial charge in [-0.25, -0.2) is 4.98 Å². The van der Waals surface area contributed by atoms with Gasteiger partial charge in [0.25, 0.3) is 0 Å². The summed E-state index contributed by atoms with van der Waals surface area (Å²) >= 11 is 1.91. The van der Waals surface area contributed by atoms with Gasteiger partial charge in [-0.05, 0) is 31.7 Å². The number of aromatic nitrogens is 1. The summed E-state index contributed by atoms with van der Waals surface area (Å²) < 4.78 is 0. The van der Waals surface area contributed by atoms with E-state index in [1.807, 2.05) is 11.3 Å². The van der Waals surface area contributed by atoms with Crippen LogP contribution < -0.4 is 10.2 Å². The fourth-order valence-electron chi connectivity index (χ4n) is 2.69. The molecule has 20 heavy (non-hydrogen) atoms. The molecule has 114 valence electrons. The second-order valence-electron chi connectivity index (χ2n) is 5.80. The molecule has 1 aliphatic heterocycles. The quantitative estimate of drug-likeness (QED) is 0.854. The van der Waals surface area contributed by atoms with Gasteiger partial charge in [0.1, 0.15) is 0 Å². The molecule has 1 aliphatic rings. The lowest BCUT2D eigenvalue weighted by Gasteiger charge is -2.18. The number of nitrogens with one attached hydrogen (secondary N) is 1. The van der Waals surface area contributed by atoms with Crippen LogP contribution in [0.1, 0.15) is 69.4 Å². The minimum Gasteiger partial charge on any atom is -0.348 e. The van der Waals surface area contributed by atoms with Crippen molar-refractivity contribution in [1.82, 2.24) is 10.3 Å². The second-order valence-corrected chi connectivity index (χ2v) is 6.86. The van der Waals surface area contributed by atoms with E-state index in [1.165, 1.54) is 60.9 Å². The van der Waals surface area contributed by atoms with Crippen LogP contribution in [0.2, 0.25) is 0 Å². The highest BCUT2D eigenvalue weighted by Crippen LogP contribution is 2.33. The number of anilines is 1. The summed E-state index contributed by atoms with van der Waals surface area (Å²) in [6.45, 7) is 11.1. The summed E-state index contributed by atoms with van der Waals surface area (Å²) in [5.74, 6) is 0.570. The Morgan fingerprint density at radius 1 is 1.20 bits per heavy atom. The smallest absolute Gasteiger partial charge is 0.185 e. The zero-order valence-electron chi connectivity index (χ0n) is 13.2. The van der Waals surface area contributed by atoms with Gasteiger partial charge in [0.15, 0.2) is 5.13 Å². The highest BCUT2D eigenvalue weighted by atomic mass is 32.1. The first kappa shape index (κ1) is 15.8. The van der Waals surface area contributed by atoms with Gasteiger partial charge >= 0.3 is 0 Å². The predicted octanol–water partition coefficient (Wildman–Crippen LogP) is 4.15. The van der Waals surface area contributed by atoms with E-state index < -0.39 is 0 Å². The van der Waals surface area contributed by atoms with Crippen LogP contribution >= 0.6 is 11.3 Å². The third-order valence-corrected chi connectivity index (χ3v) is 5.34. The fourth-order valence-corrected chi connectivity index (χ4v) is 3.89. The summed E-state index contributed by atoms with van der Waals surface area (Å²) in [4.78, 5) is 8.96. The van der Waals surface area contributed by atoms with Crippen molar-refractivity contribution in [2.24, 2.45) is 0 Å². The van der Waals surface area contributed by atoms with Crippen LogP contribution in [0.3, 0.4) is 0 Å². The van der Waals surface area contributed by atoms with Crippen molar-refractivity contribution in [1.29, 1.82) is 0 Å². The Kier molecular flexibility index (Phi) is 6.30. The van der Waals surface area contributed by atoms with E-state index in [1.54, 1.807) is 0 Å². The number of hydrogen-bond acceptors (Lipinski definition) is 4. The average Bonchev–Trinajstić information content (AvgIpc) is 2.70. The highest BCUT2D eigenvalue weighted by Gasteiger charge is 2.19. The molecule has 0 amide bonds. The summed E-state index contributed by atoms with van der Waals surface area (Å²) in [5.41, 5.74) is 1.33. The van der Waals surface area contributed by atoms with Crippen molar-refractivity contribution in [2.75, 3.05) is 24.5 Å². The third-order valence-electron chi connectivity index (χ3n) is 4.21. The van der Waals surface area contributed by atoms with Gasteiger partial charge in [-0.15, -0.1) is 11.3 Å². The molecule has 4 heteroatoms. The number of thiazole rings is 1. The van der Waals surface area contributed by atoms with Crippen LogP contribution in [0, 0.1) is 0 Å². The molecule has 0 aromatic carbocycles. The Bertz CT molecular complexity index is 394. The van der Waals surface area contributed by atoms with Crippen molar-refractivity contribution in [3.05, 3.63) is 10.6 Å². The van der Waals surface area contributed by atoms with Crippen molar-refractivity contribution in [3.8, 4) is 0 Å². The Labute approximate surface area is 127 Å². The maximum absolute atomic E-state index is 5.00. The largest absolute Gasteiger partial charge is 0.348 e. The molecule has 1 unspecified atom stereocenters. The van der Waals surface area contributed by atoms with Crippen LogP contribution in [0.15, 0.2) is 0 Å². The molecular weight excluding hydrogens is 266 g/mol. The normalized spacial score (nSPS) is 18.1. The molecule has 2 rings (SSSR count). The van der Waals surface area contributed by atoms with Crippen molar-refractivity contribution in [3.63, 3.8) is 0 Å². The number of hydrogen-bond donors (Lipinski definition) is 1. The van der Waals surface area contributed by atoms with Crippen molar-refractivity contribution in [2.45, 2.75) is 65.3 Å². The van der Waals surface area contributed by atoms with Gasteiger partial charge in [0.05, 0.1) is 5.69 Å². The highest BCUT2D eigenvalue weighted by molar-refractivity contribution is 7.15. The zero-order chi connectivity index (χ0) is 14.4. The number of rotatable bonds is 6. The van der Waals surface area contributed by atoms with Crippen LogP contribution in [0.4, 0.5) is 5.13 Å². The maximum Gasteiger partial charge on any atom is 0.185 e. The second kappa shape index (κ2) is 7.99. The van der Waals surface area contributed by atoms with Crippen LogP contribution in [0.5, 0.6) is 0 Å². The average molecular weight is 295 g/mol. The Hall–Kier alpha value is -0.610. The van der Waals surface area contributed by atoms with E-state index in [0.29, 0.717) is 5.92 Å². The molecule has 0 bridgehead atoms. The summed E-state index contributed by atoms with van der Waals surface area (Å²) in [5, 5.41) is 4.72. The molecular formula is C16H29N3S. The Balaban J connectivity index is 2.17. The van der Waals surface area contributed by atoms with E-state index in [-0.39, 0.29) is 0 Å². The van der Waals surface area contributed by atoms with Gasteiger partial charge in [0.2, 0.25) is 0 Å². The topological polar surface area (TPSA) is 28.2 Å². The zero-order valence-corrected chi connectivity index (χ0v) is 14.1. The summed E-state index contributed by atoms with van der Waals surface area (Å²) in [6, 6.07) is 0. The SMILES string of the molecule is CCNCc1sc(N2CCCCCC2)nc1C(C)CC. The van der Waals surface area contributed by atoms with Crippen LogP contribution in [-0.4, -0.2) is 24.6 Å². The molecule has 0 saturated carbocycles. The first-order valence-electron chi connectivity index (χ1n) is 8.21. The monoisotopic (exact) mass is 295 g/mol. The lowest BCUT2D eigenvalue weighted by Crippen LogP contribution is -2.23. The third kappa shape index (κ3) is 3.95. The Morgan fingerprint density at radius 2 is 1.90 bits per heavy atom.